The van der Waals surface area contributed by atoms with Crippen LogP contribution in [0.15, 0.2) is 65.8 Å². The molecule has 0 saturated heterocycles. The van der Waals surface area contributed by atoms with Gasteiger partial charge in [-0.15, -0.1) is 0 Å². The number of methoxy groups -OCH3 is 1. The minimum atomic E-state index is -0.728. The molecule has 0 amide bonds. The largest absolute Gasteiger partial charge is 0.465 e. The van der Waals surface area contributed by atoms with Crippen LogP contribution in [0.4, 0.5) is 4.39 Å². The van der Waals surface area contributed by atoms with Crippen LogP contribution in [-0.4, -0.2) is 22.6 Å². The Labute approximate surface area is 149 Å². The van der Waals surface area contributed by atoms with E-state index in [9.17, 15) is 14.0 Å². The van der Waals surface area contributed by atoms with Crippen molar-refractivity contribution in [3.8, 4) is 5.69 Å². The predicted molar refractivity (Wildman–Crippen MR) is 96.5 cm³/mol. The maximum absolute atomic E-state index is 13.2. The van der Waals surface area contributed by atoms with Crippen LogP contribution in [-0.2, 0) is 4.74 Å². The third-order valence-corrected chi connectivity index (χ3v) is 3.72. The van der Waals surface area contributed by atoms with Crippen LogP contribution in [0.2, 0.25) is 0 Å². The number of carbonyl (C=O) groups is 1. The Morgan fingerprint density at radius 1 is 1.19 bits per heavy atom. The summed E-state index contributed by atoms with van der Waals surface area (Å²) < 4.78 is 19.5. The van der Waals surface area contributed by atoms with Crippen molar-refractivity contribution in [3.05, 3.63) is 93.9 Å². The molecule has 0 aliphatic carbocycles. The molecule has 26 heavy (non-hydrogen) atoms. The average molecular weight is 350 g/mol. The molecule has 6 heteroatoms. The lowest BCUT2D eigenvalue weighted by atomic mass is 10.1. The molecule has 2 heterocycles. The number of carbonyl (C=O) groups excluding carboxylic acids is 1. The summed E-state index contributed by atoms with van der Waals surface area (Å²) in [4.78, 5) is 28.1. The first kappa shape index (κ1) is 17.3. The van der Waals surface area contributed by atoms with E-state index in [1.165, 1.54) is 31.5 Å². The summed E-state index contributed by atoms with van der Waals surface area (Å²) in [5, 5.41) is 0. The molecule has 0 N–H and O–H groups in total. The van der Waals surface area contributed by atoms with Gasteiger partial charge in [-0.1, -0.05) is 12.1 Å². The second-order valence-electron chi connectivity index (χ2n) is 5.43. The third-order valence-electron chi connectivity index (χ3n) is 3.72. The van der Waals surface area contributed by atoms with E-state index in [2.05, 4.69) is 9.72 Å². The Balaban J connectivity index is 2.14. The van der Waals surface area contributed by atoms with Gasteiger partial charge in [-0.2, -0.15) is 0 Å². The molecular weight excluding hydrogens is 335 g/mol. The average Bonchev–Trinajstić information content (AvgIpc) is 2.67. The number of ether oxygens (including phenoxy) is 1. The first-order chi connectivity index (χ1) is 12.6. The zero-order valence-corrected chi connectivity index (χ0v) is 13.9. The number of aromatic nitrogens is 2. The molecule has 0 atom stereocenters. The van der Waals surface area contributed by atoms with Gasteiger partial charge in [0.1, 0.15) is 11.4 Å². The highest BCUT2D eigenvalue weighted by Gasteiger charge is 2.14. The fraction of sp³-hybridized carbons (Fsp3) is 0.0500. The van der Waals surface area contributed by atoms with Gasteiger partial charge in [-0.05, 0) is 42.0 Å². The molecule has 0 aliphatic rings. The van der Waals surface area contributed by atoms with Crippen LogP contribution >= 0.6 is 0 Å². The van der Waals surface area contributed by atoms with Gasteiger partial charge in [0, 0.05) is 36.0 Å². The summed E-state index contributed by atoms with van der Waals surface area (Å²) in [6.07, 6.45) is 8.25. The van der Waals surface area contributed by atoms with Gasteiger partial charge in [0.15, 0.2) is 5.43 Å². The monoisotopic (exact) mass is 350 g/mol. The minimum Gasteiger partial charge on any atom is -0.465 e. The number of benzene rings is 1. The lowest BCUT2D eigenvalue weighted by Crippen LogP contribution is -2.19. The van der Waals surface area contributed by atoms with Gasteiger partial charge in [-0.3, -0.25) is 9.78 Å². The number of pyridine rings is 2. The van der Waals surface area contributed by atoms with Crippen LogP contribution < -0.4 is 5.43 Å². The van der Waals surface area contributed by atoms with Gasteiger partial charge in [0.25, 0.3) is 0 Å². The molecule has 0 spiro atoms. The molecule has 0 bridgehead atoms. The SMILES string of the molecule is COC(=O)c1cn(-c2ccc(F)cc2)c(C=Cc2cccnc2)cc1=O. The fourth-order valence-corrected chi connectivity index (χ4v) is 2.42. The first-order valence-electron chi connectivity index (χ1n) is 7.77. The molecule has 2 aromatic heterocycles. The maximum atomic E-state index is 13.2. The van der Waals surface area contributed by atoms with Crippen LogP contribution in [0, 0.1) is 5.82 Å². The topological polar surface area (TPSA) is 61.2 Å². The molecule has 0 aliphatic heterocycles. The van der Waals surface area contributed by atoms with E-state index in [1.54, 1.807) is 47.3 Å². The van der Waals surface area contributed by atoms with Crippen molar-refractivity contribution in [2.75, 3.05) is 7.11 Å². The molecule has 0 saturated carbocycles. The van der Waals surface area contributed by atoms with E-state index in [-0.39, 0.29) is 11.4 Å². The number of hydrogen-bond acceptors (Lipinski definition) is 4. The minimum absolute atomic E-state index is 0.102. The summed E-state index contributed by atoms with van der Waals surface area (Å²) in [7, 11) is 1.21. The van der Waals surface area contributed by atoms with Gasteiger partial charge in [0.2, 0.25) is 0 Å². The Hall–Kier alpha value is -3.54. The van der Waals surface area contributed by atoms with Crippen molar-refractivity contribution < 1.29 is 13.9 Å². The molecule has 5 nitrogen and oxygen atoms in total. The normalized spacial score (nSPS) is 10.8. The van der Waals surface area contributed by atoms with Crippen molar-refractivity contribution in [1.82, 2.24) is 9.55 Å². The first-order valence-corrected chi connectivity index (χ1v) is 7.77. The molecule has 0 fully saturated rings. The van der Waals surface area contributed by atoms with Crippen molar-refractivity contribution in [1.29, 1.82) is 0 Å². The molecule has 1 aromatic carbocycles. The second-order valence-corrected chi connectivity index (χ2v) is 5.43. The van der Waals surface area contributed by atoms with Crippen molar-refractivity contribution in [3.63, 3.8) is 0 Å². The lowest BCUT2D eigenvalue weighted by molar-refractivity contribution is 0.0598. The van der Waals surface area contributed by atoms with E-state index in [0.717, 1.165) is 5.56 Å². The van der Waals surface area contributed by atoms with E-state index in [1.807, 2.05) is 6.07 Å². The zero-order chi connectivity index (χ0) is 18.5. The second kappa shape index (κ2) is 7.57. The molecule has 3 rings (SSSR count). The van der Waals surface area contributed by atoms with E-state index < -0.39 is 11.4 Å². The number of hydrogen-bond donors (Lipinski definition) is 0. The Morgan fingerprint density at radius 3 is 2.62 bits per heavy atom. The quantitative estimate of drug-likeness (QED) is 0.677. The molecule has 130 valence electrons. The summed E-state index contributed by atoms with van der Waals surface area (Å²) in [5.74, 6) is -1.11. The van der Waals surface area contributed by atoms with Crippen molar-refractivity contribution in [2.45, 2.75) is 0 Å². The van der Waals surface area contributed by atoms with Gasteiger partial charge in [-0.25, -0.2) is 9.18 Å². The van der Waals surface area contributed by atoms with Gasteiger partial charge in [0.05, 0.1) is 7.11 Å². The standard InChI is InChI=1S/C20H15FN2O3/c1-26-20(25)18-13-23(16-8-5-15(21)6-9-16)17(11-19(18)24)7-4-14-3-2-10-22-12-14/h2-13H,1H3. The number of esters is 1. The number of halogens is 1. The van der Waals surface area contributed by atoms with Crippen LogP contribution in [0.1, 0.15) is 21.6 Å². The molecule has 0 unspecified atom stereocenters. The molecule has 0 radical (unpaired) electrons. The third kappa shape index (κ3) is 3.75. The lowest BCUT2D eigenvalue weighted by Gasteiger charge is -2.12. The fourth-order valence-electron chi connectivity index (χ4n) is 2.42. The Bertz CT molecular complexity index is 1010. The molecular formula is C20H15FN2O3. The highest BCUT2D eigenvalue weighted by Crippen LogP contribution is 2.15. The van der Waals surface area contributed by atoms with Crippen LogP contribution in [0.25, 0.3) is 17.8 Å². The Morgan fingerprint density at radius 2 is 1.96 bits per heavy atom. The Kier molecular flexibility index (Phi) is 5.03. The number of rotatable bonds is 4. The zero-order valence-electron chi connectivity index (χ0n) is 13.9. The summed E-state index contributed by atoms with van der Waals surface area (Å²) in [5.41, 5.74) is 1.42. The van der Waals surface area contributed by atoms with Crippen molar-refractivity contribution >= 4 is 18.1 Å². The summed E-state index contributed by atoms with van der Waals surface area (Å²) in [6, 6.07) is 10.7. The van der Waals surface area contributed by atoms with Crippen LogP contribution in [0.3, 0.4) is 0 Å². The van der Waals surface area contributed by atoms with E-state index in [0.29, 0.717) is 11.4 Å². The highest BCUT2D eigenvalue weighted by atomic mass is 19.1. The maximum Gasteiger partial charge on any atom is 0.343 e. The number of nitrogens with zero attached hydrogens (tertiary/aromatic N) is 2. The predicted octanol–water partition coefficient (Wildman–Crippen LogP) is 3.33. The van der Waals surface area contributed by atoms with Crippen LogP contribution in [0.5, 0.6) is 0 Å². The van der Waals surface area contributed by atoms with Crippen molar-refractivity contribution in [2.24, 2.45) is 0 Å². The molecule has 3 aromatic rings. The smallest absolute Gasteiger partial charge is 0.343 e. The highest BCUT2D eigenvalue weighted by molar-refractivity contribution is 5.89. The summed E-state index contributed by atoms with van der Waals surface area (Å²) in [6.45, 7) is 0. The summed E-state index contributed by atoms with van der Waals surface area (Å²) >= 11 is 0. The van der Waals surface area contributed by atoms with E-state index in [4.69, 9.17) is 0 Å². The van der Waals surface area contributed by atoms with E-state index >= 15 is 0 Å². The van der Waals surface area contributed by atoms with Gasteiger partial charge >= 0.3 is 5.97 Å². The van der Waals surface area contributed by atoms with Gasteiger partial charge < -0.3 is 9.30 Å².